The van der Waals surface area contributed by atoms with Crippen molar-refractivity contribution in [3.63, 3.8) is 0 Å². The molecule has 1 saturated heterocycles. The van der Waals surface area contributed by atoms with Crippen LogP contribution in [0.25, 0.3) is 0 Å². The predicted octanol–water partition coefficient (Wildman–Crippen LogP) is 1.06. The molecule has 1 aliphatic heterocycles. The third kappa shape index (κ3) is 4.64. The molecular weight excluding hydrogens is 214 g/mol. The van der Waals surface area contributed by atoms with E-state index in [4.69, 9.17) is 5.73 Å². The molecule has 17 heavy (non-hydrogen) atoms. The Morgan fingerprint density at radius 2 is 2.06 bits per heavy atom. The number of hydrogen-bond donors (Lipinski definition) is 1. The number of hydrogen-bond acceptors (Lipinski definition) is 3. The van der Waals surface area contributed by atoms with Crippen molar-refractivity contribution in [3.05, 3.63) is 0 Å². The molecule has 0 spiro atoms. The Balaban J connectivity index is 2.42. The molecule has 0 aliphatic carbocycles. The lowest BCUT2D eigenvalue weighted by Gasteiger charge is -2.39. The molecular formula is C13H27N3O. The highest BCUT2D eigenvalue weighted by atomic mass is 16.2. The van der Waals surface area contributed by atoms with Crippen LogP contribution in [0.1, 0.15) is 40.0 Å². The van der Waals surface area contributed by atoms with E-state index in [9.17, 15) is 4.79 Å². The van der Waals surface area contributed by atoms with Gasteiger partial charge in [-0.2, -0.15) is 0 Å². The zero-order chi connectivity index (χ0) is 13.1. The summed E-state index contributed by atoms with van der Waals surface area (Å²) in [5.74, 6) is 0.259. The van der Waals surface area contributed by atoms with E-state index in [0.717, 1.165) is 32.5 Å². The van der Waals surface area contributed by atoms with Crippen molar-refractivity contribution in [1.29, 1.82) is 0 Å². The van der Waals surface area contributed by atoms with Crippen LogP contribution in [0.2, 0.25) is 0 Å². The maximum Gasteiger partial charge on any atom is 0.222 e. The Morgan fingerprint density at radius 1 is 1.41 bits per heavy atom. The summed E-state index contributed by atoms with van der Waals surface area (Å²) in [4.78, 5) is 16.4. The maximum absolute atomic E-state index is 12.1. The molecule has 0 radical (unpaired) electrons. The monoisotopic (exact) mass is 241 g/mol. The van der Waals surface area contributed by atoms with E-state index < -0.39 is 0 Å². The SMILES string of the molecule is CCC1CN(C(=O)CCC(C)(C)N)CCN1C. The van der Waals surface area contributed by atoms with Gasteiger partial charge in [0.2, 0.25) is 5.91 Å². The van der Waals surface area contributed by atoms with Crippen molar-refractivity contribution >= 4 is 5.91 Å². The Hall–Kier alpha value is -0.610. The van der Waals surface area contributed by atoms with Gasteiger partial charge in [0, 0.05) is 37.6 Å². The molecule has 1 atom stereocenters. The highest BCUT2D eigenvalue weighted by Crippen LogP contribution is 2.14. The van der Waals surface area contributed by atoms with Crippen LogP contribution in [-0.4, -0.2) is 54.0 Å². The number of piperazine rings is 1. The molecule has 4 heteroatoms. The van der Waals surface area contributed by atoms with Crippen molar-refractivity contribution in [2.45, 2.75) is 51.6 Å². The molecule has 0 saturated carbocycles. The summed E-state index contributed by atoms with van der Waals surface area (Å²) in [6, 6.07) is 0.513. The molecule has 1 unspecified atom stereocenters. The van der Waals surface area contributed by atoms with Crippen molar-refractivity contribution in [3.8, 4) is 0 Å². The van der Waals surface area contributed by atoms with Gasteiger partial charge in [0.25, 0.3) is 0 Å². The summed E-state index contributed by atoms with van der Waals surface area (Å²) in [5.41, 5.74) is 5.67. The van der Waals surface area contributed by atoms with E-state index >= 15 is 0 Å². The Kier molecular flexibility index (Phi) is 4.95. The van der Waals surface area contributed by atoms with E-state index in [-0.39, 0.29) is 11.4 Å². The molecule has 2 N–H and O–H groups in total. The van der Waals surface area contributed by atoms with Gasteiger partial charge in [0.1, 0.15) is 0 Å². The Morgan fingerprint density at radius 3 is 2.59 bits per heavy atom. The number of likely N-dealkylation sites (N-methyl/N-ethyl adjacent to an activating group) is 1. The van der Waals surface area contributed by atoms with Crippen LogP contribution >= 0.6 is 0 Å². The van der Waals surface area contributed by atoms with Gasteiger partial charge in [-0.05, 0) is 33.7 Å². The number of amides is 1. The first-order chi connectivity index (χ1) is 7.83. The average Bonchev–Trinajstić information content (AvgIpc) is 2.25. The minimum Gasteiger partial charge on any atom is -0.340 e. The second-order valence-corrected chi connectivity index (χ2v) is 5.87. The zero-order valence-electron chi connectivity index (χ0n) is 11.7. The smallest absolute Gasteiger partial charge is 0.222 e. The van der Waals surface area contributed by atoms with Crippen molar-refractivity contribution in [2.24, 2.45) is 5.73 Å². The van der Waals surface area contributed by atoms with Crippen molar-refractivity contribution < 1.29 is 4.79 Å². The molecule has 0 aromatic carbocycles. The van der Waals surface area contributed by atoms with Gasteiger partial charge < -0.3 is 10.6 Å². The summed E-state index contributed by atoms with van der Waals surface area (Å²) in [6.07, 6.45) is 2.43. The number of carbonyl (C=O) groups excluding carboxylic acids is 1. The third-order valence-electron chi connectivity index (χ3n) is 3.58. The summed E-state index contributed by atoms with van der Waals surface area (Å²) in [5, 5.41) is 0. The topological polar surface area (TPSA) is 49.6 Å². The van der Waals surface area contributed by atoms with Crippen LogP contribution in [-0.2, 0) is 4.79 Å². The van der Waals surface area contributed by atoms with Gasteiger partial charge in [-0.25, -0.2) is 0 Å². The normalized spacial score (nSPS) is 22.9. The quantitative estimate of drug-likeness (QED) is 0.800. The van der Waals surface area contributed by atoms with Crippen molar-refractivity contribution in [2.75, 3.05) is 26.7 Å². The first-order valence-corrected chi connectivity index (χ1v) is 6.60. The van der Waals surface area contributed by atoms with Crippen LogP contribution in [0.4, 0.5) is 0 Å². The number of nitrogens with zero attached hydrogens (tertiary/aromatic N) is 2. The molecule has 1 heterocycles. The van der Waals surface area contributed by atoms with Gasteiger partial charge in [0.15, 0.2) is 0 Å². The fourth-order valence-corrected chi connectivity index (χ4v) is 2.20. The molecule has 100 valence electrons. The standard InChI is InChI=1S/C13H27N3O/c1-5-11-10-16(9-8-15(11)4)12(17)6-7-13(2,3)14/h11H,5-10,14H2,1-4H3. The Labute approximate surface area is 105 Å². The minimum absolute atomic E-state index is 0.244. The van der Waals surface area contributed by atoms with Gasteiger partial charge in [0.05, 0.1) is 0 Å². The van der Waals surface area contributed by atoms with Gasteiger partial charge in [-0.1, -0.05) is 6.92 Å². The highest BCUT2D eigenvalue weighted by Gasteiger charge is 2.26. The van der Waals surface area contributed by atoms with Gasteiger partial charge in [-0.3, -0.25) is 9.69 Å². The first-order valence-electron chi connectivity index (χ1n) is 6.60. The fraction of sp³-hybridized carbons (Fsp3) is 0.923. The van der Waals surface area contributed by atoms with E-state index in [1.165, 1.54) is 0 Å². The summed E-state index contributed by atoms with van der Waals surface area (Å²) < 4.78 is 0. The van der Waals surface area contributed by atoms with Crippen molar-refractivity contribution in [1.82, 2.24) is 9.80 Å². The summed E-state index contributed by atoms with van der Waals surface area (Å²) in [6.45, 7) is 8.83. The maximum atomic E-state index is 12.1. The minimum atomic E-state index is -0.244. The summed E-state index contributed by atoms with van der Waals surface area (Å²) in [7, 11) is 2.14. The molecule has 4 nitrogen and oxygen atoms in total. The largest absolute Gasteiger partial charge is 0.340 e. The van der Waals surface area contributed by atoms with Gasteiger partial charge >= 0.3 is 0 Å². The molecule has 1 fully saturated rings. The van der Waals surface area contributed by atoms with Crippen LogP contribution in [0.5, 0.6) is 0 Å². The van der Waals surface area contributed by atoms with E-state index in [1.807, 2.05) is 18.7 Å². The van der Waals surface area contributed by atoms with E-state index in [2.05, 4.69) is 18.9 Å². The second kappa shape index (κ2) is 5.83. The molecule has 1 rings (SSSR count). The Bertz CT molecular complexity index is 260. The lowest BCUT2D eigenvalue weighted by atomic mass is 9.99. The molecule has 0 aromatic heterocycles. The second-order valence-electron chi connectivity index (χ2n) is 5.87. The van der Waals surface area contributed by atoms with E-state index in [1.54, 1.807) is 0 Å². The molecule has 0 bridgehead atoms. The summed E-state index contributed by atoms with van der Waals surface area (Å²) >= 11 is 0. The third-order valence-corrected chi connectivity index (χ3v) is 3.58. The number of rotatable bonds is 4. The predicted molar refractivity (Wildman–Crippen MR) is 70.8 cm³/mol. The molecule has 1 aliphatic rings. The van der Waals surface area contributed by atoms with Crippen LogP contribution in [0, 0.1) is 0 Å². The molecule has 1 amide bonds. The highest BCUT2D eigenvalue weighted by molar-refractivity contribution is 5.76. The van der Waals surface area contributed by atoms with Crippen LogP contribution < -0.4 is 5.73 Å². The molecule has 0 aromatic rings. The van der Waals surface area contributed by atoms with Gasteiger partial charge in [-0.15, -0.1) is 0 Å². The van der Waals surface area contributed by atoms with Crippen LogP contribution in [0.3, 0.4) is 0 Å². The van der Waals surface area contributed by atoms with E-state index in [0.29, 0.717) is 12.5 Å². The van der Waals surface area contributed by atoms with Crippen LogP contribution in [0.15, 0.2) is 0 Å². The fourth-order valence-electron chi connectivity index (χ4n) is 2.20. The average molecular weight is 241 g/mol. The lowest BCUT2D eigenvalue weighted by molar-refractivity contribution is -0.134. The zero-order valence-corrected chi connectivity index (χ0v) is 11.7. The number of carbonyl (C=O) groups is 1. The first kappa shape index (κ1) is 14.5. The number of nitrogens with two attached hydrogens (primary N) is 1. The lowest BCUT2D eigenvalue weighted by Crippen LogP contribution is -2.53.